The maximum absolute atomic E-state index is 13.1. The highest BCUT2D eigenvalue weighted by atomic mass is 35.5. The van der Waals surface area contributed by atoms with Crippen LogP contribution in [0.15, 0.2) is 42.9 Å². The summed E-state index contributed by atoms with van der Waals surface area (Å²) in [6.45, 7) is 3.52. The van der Waals surface area contributed by atoms with Crippen molar-refractivity contribution in [3.63, 3.8) is 0 Å². The summed E-state index contributed by atoms with van der Waals surface area (Å²) >= 11 is 6.64. The number of nitrogens with zero attached hydrogens (tertiary/aromatic N) is 5. The van der Waals surface area contributed by atoms with E-state index in [1.165, 1.54) is 0 Å². The predicted molar refractivity (Wildman–Crippen MR) is 132 cm³/mol. The molecule has 3 heterocycles. The van der Waals surface area contributed by atoms with Crippen molar-refractivity contribution < 1.29 is 4.79 Å². The number of halogens is 1. The maximum atomic E-state index is 13.1. The van der Waals surface area contributed by atoms with Gasteiger partial charge in [0.2, 0.25) is 0 Å². The molecule has 0 bridgehead atoms. The van der Waals surface area contributed by atoms with Gasteiger partial charge in [-0.25, -0.2) is 15.0 Å². The number of piperidine rings is 1. The number of nitrogen functional groups attached to an aromatic ring is 1. The van der Waals surface area contributed by atoms with Gasteiger partial charge in [-0.3, -0.25) is 4.79 Å². The van der Waals surface area contributed by atoms with E-state index in [0.717, 1.165) is 60.4 Å². The first kappa shape index (κ1) is 23.1. The summed E-state index contributed by atoms with van der Waals surface area (Å²) in [4.78, 5) is 30.5. The van der Waals surface area contributed by atoms with Crippen molar-refractivity contribution in [2.45, 2.75) is 32.2 Å². The number of aryl methyl sites for hydroxylation is 1. The highest BCUT2D eigenvalue weighted by molar-refractivity contribution is 6.34. The second-order valence-corrected chi connectivity index (χ2v) is 8.96. The largest absolute Gasteiger partial charge is 0.384 e. The zero-order valence-corrected chi connectivity index (χ0v) is 20.0. The van der Waals surface area contributed by atoms with Crippen LogP contribution in [0.2, 0.25) is 5.02 Å². The second kappa shape index (κ2) is 9.85. The fourth-order valence-corrected chi connectivity index (χ4v) is 4.62. The molecule has 8 heteroatoms. The van der Waals surface area contributed by atoms with Gasteiger partial charge in [-0.2, -0.15) is 0 Å². The Morgan fingerprint density at radius 1 is 1.12 bits per heavy atom. The minimum atomic E-state index is -0.0244. The summed E-state index contributed by atoms with van der Waals surface area (Å²) in [5.41, 5.74) is 10.6. The molecule has 0 spiro atoms. The minimum absolute atomic E-state index is 0.0244. The van der Waals surface area contributed by atoms with E-state index >= 15 is 0 Å². The molecule has 0 aliphatic carbocycles. The van der Waals surface area contributed by atoms with Crippen LogP contribution in [0.1, 0.15) is 35.8 Å². The molecule has 2 aromatic heterocycles. The van der Waals surface area contributed by atoms with Gasteiger partial charge < -0.3 is 15.5 Å². The van der Waals surface area contributed by atoms with Gasteiger partial charge in [-0.15, -0.1) is 0 Å². The van der Waals surface area contributed by atoms with E-state index in [0.29, 0.717) is 22.4 Å². The van der Waals surface area contributed by atoms with Gasteiger partial charge in [0.15, 0.2) is 0 Å². The van der Waals surface area contributed by atoms with Crippen molar-refractivity contribution in [1.29, 1.82) is 0 Å². The molecule has 1 aliphatic rings. The number of carbonyl (C=O) groups excluding carboxylic acids is 1. The molecule has 1 amide bonds. The molecule has 172 valence electrons. The molecule has 1 aliphatic heterocycles. The first-order chi connectivity index (χ1) is 15.9. The highest BCUT2D eigenvalue weighted by Gasteiger charge is 2.26. The molecular weight excluding hydrogens is 436 g/mol. The smallest absolute Gasteiger partial charge is 0.255 e. The minimum Gasteiger partial charge on any atom is -0.384 e. The van der Waals surface area contributed by atoms with E-state index in [-0.39, 0.29) is 5.91 Å². The van der Waals surface area contributed by atoms with Crippen LogP contribution in [0.5, 0.6) is 0 Å². The van der Waals surface area contributed by atoms with E-state index < -0.39 is 0 Å². The van der Waals surface area contributed by atoms with Crippen LogP contribution < -0.4 is 5.73 Å². The number of anilines is 1. The Morgan fingerprint density at radius 3 is 2.45 bits per heavy atom. The summed E-state index contributed by atoms with van der Waals surface area (Å²) in [6.07, 6.45) is 5.96. The van der Waals surface area contributed by atoms with Crippen molar-refractivity contribution in [2.24, 2.45) is 0 Å². The molecule has 7 nitrogen and oxygen atoms in total. The zero-order valence-electron chi connectivity index (χ0n) is 19.3. The maximum Gasteiger partial charge on any atom is 0.255 e. The number of benzene rings is 1. The Balaban J connectivity index is 1.65. The normalized spacial score (nSPS) is 14.6. The molecule has 0 unspecified atom stereocenters. The summed E-state index contributed by atoms with van der Waals surface area (Å²) in [7, 11) is 4.17. The predicted octanol–water partition coefficient (Wildman–Crippen LogP) is 4.17. The number of aromatic nitrogens is 3. The molecule has 1 fully saturated rings. The number of hydrogen-bond donors (Lipinski definition) is 1. The summed E-state index contributed by atoms with van der Waals surface area (Å²) < 4.78 is 0. The summed E-state index contributed by atoms with van der Waals surface area (Å²) in [5.74, 6) is 0.430. The highest BCUT2D eigenvalue weighted by Crippen LogP contribution is 2.35. The molecule has 4 rings (SSSR count). The van der Waals surface area contributed by atoms with Crippen LogP contribution in [-0.4, -0.2) is 63.9 Å². The number of pyridine rings is 1. The summed E-state index contributed by atoms with van der Waals surface area (Å²) in [6, 6.07) is 9.72. The van der Waals surface area contributed by atoms with Gasteiger partial charge in [-0.05, 0) is 57.6 Å². The average molecular weight is 465 g/mol. The topological polar surface area (TPSA) is 88.2 Å². The average Bonchev–Trinajstić information content (AvgIpc) is 2.83. The lowest BCUT2D eigenvalue weighted by atomic mass is 9.96. The Bertz CT molecular complexity index is 1140. The Labute approximate surface area is 199 Å². The molecule has 0 atom stereocenters. The number of amides is 1. The lowest BCUT2D eigenvalue weighted by Crippen LogP contribution is -2.44. The third-order valence-corrected chi connectivity index (χ3v) is 6.60. The quantitative estimate of drug-likeness (QED) is 0.609. The number of carbonyl (C=O) groups is 1. The van der Waals surface area contributed by atoms with Crippen molar-refractivity contribution >= 4 is 23.3 Å². The summed E-state index contributed by atoms with van der Waals surface area (Å²) in [5, 5.41) is 0.422. The molecule has 33 heavy (non-hydrogen) atoms. The van der Waals surface area contributed by atoms with Crippen molar-refractivity contribution in [1.82, 2.24) is 24.8 Å². The SMILES string of the molecule is CCc1ncnc(-c2ccc(C(=O)N3CCC(N(C)C)CC3)c(Cl)c2)c1-c1ccc(N)nc1. The molecule has 2 N–H and O–H groups in total. The third kappa shape index (κ3) is 4.84. The van der Waals surface area contributed by atoms with Gasteiger partial charge in [0.1, 0.15) is 12.1 Å². The van der Waals surface area contributed by atoms with Crippen molar-refractivity contribution in [3.8, 4) is 22.4 Å². The van der Waals surface area contributed by atoms with E-state index in [1.807, 2.05) is 23.1 Å². The van der Waals surface area contributed by atoms with E-state index in [4.69, 9.17) is 17.3 Å². The van der Waals surface area contributed by atoms with Gasteiger partial charge in [0.05, 0.1) is 22.0 Å². The van der Waals surface area contributed by atoms with Crippen LogP contribution in [0, 0.1) is 0 Å². The van der Waals surface area contributed by atoms with E-state index in [9.17, 15) is 4.79 Å². The molecule has 1 aromatic carbocycles. The van der Waals surface area contributed by atoms with Crippen LogP contribution >= 0.6 is 11.6 Å². The van der Waals surface area contributed by atoms with Crippen LogP contribution in [0.25, 0.3) is 22.4 Å². The Hall–Kier alpha value is -3.03. The van der Waals surface area contributed by atoms with Crippen LogP contribution in [0.4, 0.5) is 5.82 Å². The fraction of sp³-hybridized carbons (Fsp3) is 0.360. The number of likely N-dealkylation sites (tertiary alicyclic amines) is 1. The van der Waals surface area contributed by atoms with Crippen molar-refractivity contribution in [2.75, 3.05) is 32.9 Å². The van der Waals surface area contributed by atoms with E-state index in [1.54, 1.807) is 24.7 Å². The molecule has 0 radical (unpaired) electrons. The Morgan fingerprint density at radius 2 is 1.85 bits per heavy atom. The van der Waals surface area contributed by atoms with Gasteiger partial charge >= 0.3 is 0 Å². The first-order valence-corrected chi connectivity index (χ1v) is 11.6. The van der Waals surface area contributed by atoms with Gasteiger partial charge in [0.25, 0.3) is 5.91 Å². The molecule has 0 saturated carbocycles. The fourth-order valence-electron chi connectivity index (χ4n) is 4.36. The van der Waals surface area contributed by atoms with Gasteiger partial charge in [-0.1, -0.05) is 24.6 Å². The molecule has 1 saturated heterocycles. The molecule has 3 aromatic rings. The van der Waals surface area contributed by atoms with E-state index in [2.05, 4.69) is 40.9 Å². The monoisotopic (exact) mass is 464 g/mol. The van der Waals surface area contributed by atoms with Crippen molar-refractivity contribution in [3.05, 3.63) is 59.1 Å². The van der Waals surface area contributed by atoms with Gasteiger partial charge in [0, 0.05) is 42.0 Å². The lowest BCUT2D eigenvalue weighted by Gasteiger charge is -2.35. The Kier molecular flexibility index (Phi) is 6.91. The number of rotatable bonds is 5. The third-order valence-electron chi connectivity index (χ3n) is 6.29. The molecular formula is C25H29ClN6O. The number of nitrogens with two attached hydrogens (primary N) is 1. The number of hydrogen-bond acceptors (Lipinski definition) is 6. The van der Waals surface area contributed by atoms with Crippen LogP contribution in [-0.2, 0) is 6.42 Å². The first-order valence-electron chi connectivity index (χ1n) is 11.2. The lowest BCUT2D eigenvalue weighted by molar-refractivity contribution is 0.0663. The standard InChI is InChI=1S/C25H29ClN6O/c1-4-21-23(17-6-8-22(27)28-14-17)24(30-15-29-21)16-5-7-19(20(26)13-16)25(33)32-11-9-18(10-12-32)31(2)3/h5-8,13-15,18H,4,9-12H2,1-3H3,(H2,27,28). The second-order valence-electron chi connectivity index (χ2n) is 8.55. The zero-order chi connectivity index (χ0) is 23.5. The van der Waals surface area contributed by atoms with Crippen LogP contribution in [0.3, 0.4) is 0 Å².